The predicted octanol–water partition coefficient (Wildman–Crippen LogP) is 1.87. The van der Waals surface area contributed by atoms with Gasteiger partial charge in [0.2, 0.25) is 5.43 Å². The Labute approximate surface area is 119 Å². The highest BCUT2D eigenvalue weighted by atomic mass is 16.5. The van der Waals surface area contributed by atoms with Crippen molar-refractivity contribution >= 4 is 27.8 Å². The summed E-state index contributed by atoms with van der Waals surface area (Å²) < 4.78 is 9.92. The average Bonchev–Trinajstić information content (AvgIpc) is 2.53. The van der Waals surface area contributed by atoms with Crippen LogP contribution in [0.15, 0.2) is 35.4 Å². The summed E-state index contributed by atoms with van der Waals surface area (Å²) in [5.74, 6) is -0.120. The van der Waals surface area contributed by atoms with Gasteiger partial charge in [0.15, 0.2) is 0 Å². The molecule has 3 aromatic rings. The van der Waals surface area contributed by atoms with Crippen LogP contribution in [0.3, 0.4) is 0 Å². The molecule has 1 aromatic carbocycles. The maximum absolute atomic E-state index is 12.6. The van der Waals surface area contributed by atoms with Crippen LogP contribution in [0.4, 0.5) is 0 Å². The highest BCUT2D eigenvalue weighted by Crippen LogP contribution is 2.29. The molecule has 106 valence electrons. The van der Waals surface area contributed by atoms with Crippen molar-refractivity contribution in [2.24, 2.45) is 0 Å². The molecule has 0 saturated heterocycles. The number of nitrogens with one attached hydrogen (secondary N) is 1. The fourth-order valence-corrected chi connectivity index (χ4v) is 2.35. The quantitative estimate of drug-likeness (QED) is 0.574. The summed E-state index contributed by atoms with van der Waals surface area (Å²) in [5.41, 5.74) is 0.710. The number of H-pyrrole nitrogens is 1. The van der Waals surface area contributed by atoms with Gasteiger partial charge in [0.05, 0.1) is 25.1 Å². The molecule has 0 aliphatic rings. The second-order valence-corrected chi connectivity index (χ2v) is 4.42. The maximum Gasteiger partial charge on any atom is 0.343 e. The van der Waals surface area contributed by atoms with Crippen LogP contribution in [0.1, 0.15) is 10.4 Å². The third kappa shape index (κ3) is 1.92. The summed E-state index contributed by atoms with van der Waals surface area (Å²) in [6.45, 7) is 0. The normalized spacial score (nSPS) is 10.8. The molecule has 6 nitrogen and oxygen atoms in total. The maximum atomic E-state index is 12.6. The van der Waals surface area contributed by atoms with E-state index in [1.807, 2.05) is 0 Å². The van der Waals surface area contributed by atoms with E-state index in [0.717, 1.165) is 0 Å². The van der Waals surface area contributed by atoms with Crippen molar-refractivity contribution in [3.05, 3.63) is 46.4 Å². The Morgan fingerprint density at radius 1 is 1.33 bits per heavy atom. The van der Waals surface area contributed by atoms with Crippen LogP contribution in [0, 0.1) is 0 Å². The molecule has 6 heteroatoms. The topological polar surface area (TPSA) is 81.3 Å². The number of aromatic nitrogens is 2. The number of ether oxygens (including phenoxy) is 2. The highest BCUT2D eigenvalue weighted by molar-refractivity contribution is 6.09. The van der Waals surface area contributed by atoms with Crippen LogP contribution in [0.2, 0.25) is 0 Å². The van der Waals surface area contributed by atoms with Gasteiger partial charge in [-0.05, 0) is 6.07 Å². The standard InChI is InChI=1S/C15H12N2O4/c1-20-11-6-10-12(8-4-3-5-16-13(8)11)14(18)9(7-17-10)15(19)21-2/h3-7H,1-2H3,(H,17,18). The number of methoxy groups -OCH3 is 2. The fraction of sp³-hybridized carbons (Fsp3) is 0.133. The molecule has 3 rings (SSSR count). The van der Waals surface area contributed by atoms with Crippen molar-refractivity contribution in [1.82, 2.24) is 9.97 Å². The highest BCUT2D eigenvalue weighted by Gasteiger charge is 2.17. The number of pyridine rings is 2. The Morgan fingerprint density at radius 2 is 2.14 bits per heavy atom. The van der Waals surface area contributed by atoms with Gasteiger partial charge in [0.1, 0.15) is 16.8 Å². The first kappa shape index (κ1) is 13.1. The molecule has 2 aromatic heterocycles. The van der Waals surface area contributed by atoms with E-state index in [-0.39, 0.29) is 5.56 Å². The lowest BCUT2D eigenvalue weighted by molar-refractivity contribution is 0.0599. The fourth-order valence-electron chi connectivity index (χ4n) is 2.35. The van der Waals surface area contributed by atoms with Crippen LogP contribution in [0.25, 0.3) is 21.8 Å². The van der Waals surface area contributed by atoms with Crippen LogP contribution in [0.5, 0.6) is 5.75 Å². The van der Waals surface area contributed by atoms with Crippen molar-refractivity contribution in [3.8, 4) is 5.75 Å². The Morgan fingerprint density at radius 3 is 2.86 bits per heavy atom. The number of hydrogen-bond acceptors (Lipinski definition) is 5. The van der Waals surface area contributed by atoms with Gasteiger partial charge in [-0.2, -0.15) is 0 Å². The van der Waals surface area contributed by atoms with Gasteiger partial charge in [0.25, 0.3) is 0 Å². The summed E-state index contributed by atoms with van der Waals surface area (Å²) >= 11 is 0. The molecule has 0 saturated carbocycles. The van der Waals surface area contributed by atoms with Gasteiger partial charge in [-0.25, -0.2) is 4.79 Å². The minimum Gasteiger partial charge on any atom is -0.494 e. The number of aromatic amines is 1. The summed E-state index contributed by atoms with van der Waals surface area (Å²) in [5, 5.41) is 1.01. The van der Waals surface area contributed by atoms with Crippen molar-refractivity contribution < 1.29 is 14.3 Å². The first-order valence-corrected chi connectivity index (χ1v) is 6.22. The summed E-state index contributed by atoms with van der Waals surface area (Å²) in [6, 6.07) is 5.18. The van der Waals surface area contributed by atoms with Crippen LogP contribution >= 0.6 is 0 Å². The lowest BCUT2D eigenvalue weighted by Gasteiger charge is -2.09. The first-order valence-electron chi connectivity index (χ1n) is 6.22. The number of fused-ring (bicyclic) bond motifs is 3. The zero-order valence-corrected chi connectivity index (χ0v) is 11.5. The number of rotatable bonds is 2. The van der Waals surface area contributed by atoms with E-state index in [4.69, 9.17) is 4.74 Å². The molecule has 0 atom stereocenters. The number of esters is 1. The monoisotopic (exact) mass is 284 g/mol. The van der Waals surface area contributed by atoms with Gasteiger partial charge in [-0.3, -0.25) is 9.78 Å². The van der Waals surface area contributed by atoms with E-state index in [0.29, 0.717) is 27.6 Å². The van der Waals surface area contributed by atoms with Crippen LogP contribution in [-0.4, -0.2) is 30.2 Å². The third-order valence-electron chi connectivity index (χ3n) is 3.32. The summed E-state index contributed by atoms with van der Waals surface area (Å²) in [4.78, 5) is 31.4. The first-order chi connectivity index (χ1) is 10.2. The molecule has 0 unspecified atom stereocenters. The molecule has 21 heavy (non-hydrogen) atoms. The zero-order chi connectivity index (χ0) is 15.0. The molecule has 0 fully saturated rings. The molecule has 0 amide bonds. The van der Waals surface area contributed by atoms with E-state index in [9.17, 15) is 9.59 Å². The van der Waals surface area contributed by atoms with Gasteiger partial charge in [0, 0.05) is 23.8 Å². The van der Waals surface area contributed by atoms with E-state index in [1.165, 1.54) is 20.4 Å². The van der Waals surface area contributed by atoms with Gasteiger partial charge >= 0.3 is 5.97 Å². The molecule has 0 radical (unpaired) electrons. The summed E-state index contributed by atoms with van der Waals surface area (Å²) in [6.07, 6.45) is 2.97. The molecule has 0 aliphatic heterocycles. The van der Waals surface area contributed by atoms with E-state index >= 15 is 0 Å². The number of nitrogens with zero attached hydrogens (tertiary/aromatic N) is 1. The van der Waals surface area contributed by atoms with Crippen molar-refractivity contribution in [2.75, 3.05) is 14.2 Å². The molecule has 0 aliphatic carbocycles. The van der Waals surface area contributed by atoms with Crippen LogP contribution < -0.4 is 10.2 Å². The Hall–Kier alpha value is -2.89. The van der Waals surface area contributed by atoms with E-state index in [1.54, 1.807) is 24.4 Å². The zero-order valence-electron chi connectivity index (χ0n) is 11.5. The summed E-state index contributed by atoms with van der Waals surface area (Å²) in [7, 11) is 2.77. The van der Waals surface area contributed by atoms with Crippen molar-refractivity contribution in [1.29, 1.82) is 0 Å². The Bertz CT molecular complexity index is 915. The lowest BCUT2D eigenvalue weighted by Crippen LogP contribution is -2.17. The molecular weight excluding hydrogens is 272 g/mol. The third-order valence-corrected chi connectivity index (χ3v) is 3.32. The Kier molecular flexibility index (Phi) is 3.06. The number of hydrogen-bond donors (Lipinski definition) is 1. The van der Waals surface area contributed by atoms with Gasteiger partial charge in [-0.15, -0.1) is 0 Å². The van der Waals surface area contributed by atoms with Crippen LogP contribution in [-0.2, 0) is 4.74 Å². The lowest BCUT2D eigenvalue weighted by atomic mass is 10.1. The second-order valence-electron chi connectivity index (χ2n) is 4.42. The van der Waals surface area contributed by atoms with Gasteiger partial charge in [-0.1, -0.05) is 6.07 Å². The van der Waals surface area contributed by atoms with Crippen molar-refractivity contribution in [2.45, 2.75) is 0 Å². The minimum atomic E-state index is -0.675. The number of carbonyl (C=O) groups is 1. The van der Waals surface area contributed by atoms with E-state index < -0.39 is 11.4 Å². The smallest absolute Gasteiger partial charge is 0.343 e. The molecule has 0 bridgehead atoms. The second kappa shape index (κ2) is 4.90. The number of carbonyl (C=O) groups excluding carboxylic acids is 1. The largest absolute Gasteiger partial charge is 0.494 e. The van der Waals surface area contributed by atoms with Gasteiger partial charge < -0.3 is 14.5 Å². The molecular formula is C15H12N2O4. The average molecular weight is 284 g/mol. The number of benzene rings is 1. The predicted molar refractivity (Wildman–Crippen MR) is 77.8 cm³/mol. The van der Waals surface area contributed by atoms with E-state index in [2.05, 4.69) is 14.7 Å². The molecule has 0 spiro atoms. The van der Waals surface area contributed by atoms with Crippen molar-refractivity contribution in [3.63, 3.8) is 0 Å². The molecule has 2 heterocycles. The molecule has 1 N–H and O–H groups in total. The Balaban J connectivity index is 2.51. The SMILES string of the molecule is COC(=O)c1c[nH]c2cc(OC)c3ncccc3c2c1=O. The minimum absolute atomic E-state index is 0.0414.